The molecule has 7 heteroatoms. The number of hydrogen-bond donors (Lipinski definition) is 2. The average Bonchev–Trinajstić information content (AvgIpc) is 2.87. The molecule has 1 aromatic heterocycles. The number of ether oxygens (including phenoxy) is 1. The fraction of sp³-hybridized carbons (Fsp3) is 0.375. The molecule has 0 aliphatic heterocycles. The van der Waals surface area contributed by atoms with Gasteiger partial charge in [-0.25, -0.2) is 9.48 Å². The zero-order chi connectivity index (χ0) is 16.9. The van der Waals surface area contributed by atoms with Crippen LogP contribution in [0, 0.1) is 0 Å². The highest BCUT2D eigenvalue weighted by Crippen LogP contribution is 2.17. The van der Waals surface area contributed by atoms with Crippen LogP contribution >= 0.6 is 0 Å². The van der Waals surface area contributed by atoms with Crippen molar-refractivity contribution in [2.75, 3.05) is 11.9 Å². The summed E-state index contributed by atoms with van der Waals surface area (Å²) < 4.78 is 6.97. The maximum absolute atomic E-state index is 11.3. The van der Waals surface area contributed by atoms with E-state index < -0.39 is 14.0 Å². The van der Waals surface area contributed by atoms with Gasteiger partial charge in [0.05, 0.1) is 0 Å². The third kappa shape index (κ3) is 5.54. The minimum absolute atomic E-state index is 0.108. The van der Waals surface area contributed by atoms with Gasteiger partial charge in [0.1, 0.15) is 6.73 Å². The Labute approximate surface area is 137 Å². The van der Waals surface area contributed by atoms with Crippen LogP contribution in [0.1, 0.15) is 10.5 Å². The molecule has 2 aromatic rings. The molecule has 0 bridgehead atoms. The van der Waals surface area contributed by atoms with Gasteiger partial charge >= 0.3 is 5.97 Å². The summed E-state index contributed by atoms with van der Waals surface area (Å²) in [6.45, 7) is 7.58. The van der Waals surface area contributed by atoms with Gasteiger partial charge in [0.2, 0.25) is 0 Å². The number of carbonyl (C=O) groups is 1. The van der Waals surface area contributed by atoms with E-state index in [4.69, 9.17) is 4.74 Å². The molecule has 1 heterocycles. The Hall–Kier alpha value is -2.12. The van der Waals surface area contributed by atoms with E-state index >= 15 is 0 Å². The molecule has 0 saturated carbocycles. The van der Waals surface area contributed by atoms with Crippen LogP contribution in [0.3, 0.4) is 0 Å². The number of nitrogens with zero attached hydrogens (tertiary/aromatic N) is 2. The lowest BCUT2D eigenvalue weighted by Crippen LogP contribution is -2.22. The van der Waals surface area contributed by atoms with E-state index in [-0.39, 0.29) is 12.4 Å². The van der Waals surface area contributed by atoms with E-state index in [0.717, 1.165) is 11.7 Å². The number of anilines is 2. The number of carboxylic acid groups (broad SMARTS) is 1. The van der Waals surface area contributed by atoms with Crippen molar-refractivity contribution in [3.05, 3.63) is 42.1 Å². The van der Waals surface area contributed by atoms with E-state index in [2.05, 4.69) is 30.1 Å². The molecule has 6 nitrogen and oxygen atoms in total. The van der Waals surface area contributed by atoms with Crippen molar-refractivity contribution in [3.63, 3.8) is 0 Å². The molecule has 1 aromatic carbocycles. The second kappa shape index (κ2) is 7.43. The van der Waals surface area contributed by atoms with Crippen molar-refractivity contribution in [3.8, 4) is 0 Å². The standard InChI is InChI=1S/C16H23N3O3Si/c1-23(2,3)10-9-22-12-19-14(16(20)21)11-15(18-19)17-13-7-5-4-6-8-13/h4-8,11H,9-10,12H2,1-3H3,(H,17,18)(H,20,21). The Bertz CT molecular complexity index is 650. The van der Waals surface area contributed by atoms with Crippen LogP contribution in [-0.4, -0.2) is 35.5 Å². The van der Waals surface area contributed by atoms with Crippen LogP contribution in [0.4, 0.5) is 11.5 Å². The van der Waals surface area contributed by atoms with Crippen molar-refractivity contribution in [2.45, 2.75) is 32.4 Å². The lowest BCUT2D eigenvalue weighted by molar-refractivity contribution is 0.0591. The van der Waals surface area contributed by atoms with E-state index in [1.165, 1.54) is 10.7 Å². The summed E-state index contributed by atoms with van der Waals surface area (Å²) >= 11 is 0. The van der Waals surface area contributed by atoms with Crippen molar-refractivity contribution in [1.29, 1.82) is 0 Å². The van der Waals surface area contributed by atoms with Gasteiger partial charge in [-0.3, -0.25) is 0 Å². The van der Waals surface area contributed by atoms with Crippen LogP contribution in [0.25, 0.3) is 0 Å². The summed E-state index contributed by atoms with van der Waals surface area (Å²) in [6.07, 6.45) is 0. The normalized spacial score (nSPS) is 11.4. The molecule has 2 rings (SSSR count). The first-order chi connectivity index (χ1) is 10.8. The molecule has 124 valence electrons. The smallest absolute Gasteiger partial charge is 0.354 e. The number of hydrogen-bond acceptors (Lipinski definition) is 4. The van der Waals surface area contributed by atoms with E-state index in [1.54, 1.807) is 0 Å². The van der Waals surface area contributed by atoms with Crippen LogP contribution < -0.4 is 5.32 Å². The molecular formula is C16H23N3O3Si. The highest BCUT2D eigenvalue weighted by Gasteiger charge is 2.16. The summed E-state index contributed by atoms with van der Waals surface area (Å²) in [5.41, 5.74) is 0.963. The van der Waals surface area contributed by atoms with Crippen molar-refractivity contribution < 1.29 is 14.6 Å². The largest absolute Gasteiger partial charge is 0.477 e. The van der Waals surface area contributed by atoms with Crippen molar-refractivity contribution >= 4 is 25.5 Å². The quantitative estimate of drug-likeness (QED) is 0.570. The monoisotopic (exact) mass is 333 g/mol. The first-order valence-corrected chi connectivity index (χ1v) is 11.3. The predicted octanol–water partition coefficient (Wildman–Crippen LogP) is 3.64. The first kappa shape index (κ1) is 17.2. The van der Waals surface area contributed by atoms with Crippen molar-refractivity contribution in [1.82, 2.24) is 9.78 Å². The fourth-order valence-electron chi connectivity index (χ4n) is 1.95. The molecule has 23 heavy (non-hydrogen) atoms. The van der Waals surface area contributed by atoms with Crippen LogP contribution in [0.2, 0.25) is 25.7 Å². The second-order valence-corrected chi connectivity index (χ2v) is 12.2. The van der Waals surface area contributed by atoms with Gasteiger partial charge in [0.15, 0.2) is 11.5 Å². The number of nitrogens with one attached hydrogen (secondary N) is 1. The average molecular weight is 333 g/mol. The molecule has 0 unspecified atom stereocenters. The van der Waals surface area contributed by atoms with Gasteiger partial charge in [-0.05, 0) is 18.2 Å². The number of rotatable bonds is 8. The van der Waals surface area contributed by atoms with Gasteiger partial charge in [0.25, 0.3) is 0 Å². The Morgan fingerprint density at radius 1 is 1.30 bits per heavy atom. The summed E-state index contributed by atoms with van der Waals surface area (Å²) in [5.74, 6) is -0.533. The van der Waals surface area contributed by atoms with Gasteiger partial charge in [0, 0.05) is 26.4 Å². The topological polar surface area (TPSA) is 76.4 Å². The fourth-order valence-corrected chi connectivity index (χ4v) is 2.70. The Morgan fingerprint density at radius 3 is 2.61 bits per heavy atom. The van der Waals surface area contributed by atoms with Gasteiger partial charge in [-0.15, -0.1) is 0 Å². The SMILES string of the molecule is C[Si](C)(C)CCOCn1nc(Nc2ccccc2)cc1C(=O)O. The third-order valence-electron chi connectivity index (χ3n) is 3.26. The zero-order valence-corrected chi connectivity index (χ0v) is 14.7. The van der Waals surface area contributed by atoms with E-state index in [9.17, 15) is 9.90 Å². The molecule has 0 amide bonds. The van der Waals surface area contributed by atoms with Gasteiger partial charge < -0.3 is 15.2 Å². The predicted molar refractivity (Wildman–Crippen MR) is 93.0 cm³/mol. The van der Waals surface area contributed by atoms with Crippen LogP contribution in [0.5, 0.6) is 0 Å². The highest BCUT2D eigenvalue weighted by molar-refractivity contribution is 6.76. The molecule has 0 saturated heterocycles. The minimum atomic E-state index is -1.16. The van der Waals surface area contributed by atoms with Gasteiger partial charge in [-0.1, -0.05) is 37.8 Å². The van der Waals surface area contributed by atoms with Crippen LogP contribution in [0.15, 0.2) is 36.4 Å². The number of benzene rings is 1. The molecule has 0 spiro atoms. The molecule has 0 atom stereocenters. The van der Waals surface area contributed by atoms with Gasteiger partial charge in [-0.2, -0.15) is 5.10 Å². The molecule has 0 fully saturated rings. The number of aromatic carboxylic acids is 1. The van der Waals surface area contributed by atoms with E-state index in [1.807, 2.05) is 30.3 Å². The maximum atomic E-state index is 11.3. The molecule has 0 radical (unpaired) electrons. The number of para-hydroxylation sites is 1. The Balaban J connectivity index is 2.02. The van der Waals surface area contributed by atoms with E-state index in [0.29, 0.717) is 12.4 Å². The molecule has 0 aliphatic rings. The maximum Gasteiger partial charge on any atom is 0.354 e. The Kier molecular flexibility index (Phi) is 5.57. The molecule has 2 N–H and O–H groups in total. The lowest BCUT2D eigenvalue weighted by atomic mass is 10.3. The summed E-state index contributed by atoms with van der Waals surface area (Å²) in [7, 11) is -1.16. The summed E-state index contributed by atoms with van der Waals surface area (Å²) in [6, 6.07) is 12.0. The molecular weight excluding hydrogens is 310 g/mol. The lowest BCUT2D eigenvalue weighted by Gasteiger charge is -2.15. The number of aromatic nitrogens is 2. The second-order valence-electron chi connectivity index (χ2n) is 6.56. The highest BCUT2D eigenvalue weighted by atomic mass is 28.3. The van der Waals surface area contributed by atoms with Crippen LogP contribution in [-0.2, 0) is 11.5 Å². The Morgan fingerprint density at radius 2 is 2.00 bits per heavy atom. The summed E-state index contributed by atoms with van der Waals surface area (Å²) in [4.78, 5) is 11.3. The zero-order valence-electron chi connectivity index (χ0n) is 13.7. The van der Waals surface area contributed by atoms with Crippen molar-refractivity contribution in [2.24, 2.45) is 0 Å². The third-order valence-corrected chi connectivity index (χ3v) is 4.96. The number of carboxylic acids is 1. The minimum Gasteiger partial charge on any atom is -0.477 e. The molecule has 0 aliphatic carbocycles. The first-order valence-electron chi connectivity index (χ1n) is 7.56. The summed E-state index contributed by atoms with van der Waals surface area (Å²) in [5, 5.41) is 16.7.